The van der Waals surface area contributed by atoms with Crippen molar-refractivity contribution < 1.29 is 9.59 Å². The minimum Gasteiger partial charge on any atom is -0.311 e. The van der Waals surface area contributed by atoms with Crippen molar-refractivity contribution in [1.29, 1.82) is 0 Å². The number of halogens is 1. The number of anilines is 1. The Morgan fingerprint density at radius 3 is 2.63 bits per heavy atom. The van der Waals surface area contributed by atoms with E-state index in [2.05, 4.69) is 26.2 Å². The Labute approximate surface area is 187 Å². The lowest BCUT2D eigenvalue weighted by Crippen LogP contribution is -2.33. The first-order valence-electron chi connectivity index (χ1n) is 9.51. The van der Waals surface area contributed by atoms with E-state index in [9.17, 15) is 9.59 Å². The Hall–Kier alpha value is -2.77. The molecule has 5 nitrogen and oxygen atoms in total. The van der Waals surface area contributed by atoms with Gasteiger partial charge in [-0.3, -0.25) is 9.59 Å². The monoisotopic (exact) mass is 481 g/mol. The summed E-state index contributed by atoms with van der Waals surface area (Å²) in [5.41, 5.74) is 3.85. The Morgan fingerprint density at radius 1 is 1.17 bits per heavy atom. The highest BCUT2D eigenvalue weighted by Crippen LogP contribution is 2.34. The van der Waals surface area contributed by atoms with Crippen LogP contribution in [0.15, 0.2) is 59.2 Å². The van der Waals surface area contributed by atoms with Gasteiger partial charge < -0.3 is 10.2 Å². The molecule has 7 heteroatoms. The molecular weight excluding hydrogens is 462 g/mol. The second kappa shape index (κ2) is 8.53. The van der Waals surface area contributed by atoms with E-state index in [1.807, 2.05) is 61.5 Å². The molecular formula is C23H20BrN3O2S. The van der Waals surface area contributed by atoms with Gasteiger partial charge in [0.15, 0.2) is 5.13 Å². The average Bonchev–Trinajstić information content (AvgIpc) is 3.08. The van der Waals surface area contributed by atoms with Gasteiger partial charge in [-0.2, -0.15) is 0 Å². The smallest absolute Gasteiger partial charge is 0.228 e. The fourth-order valence-corrected chi connectivity index (χ4v) is 4.70. The molecule has 152 valence electrons. The van der Waals surface area contributed by atoms with Gasteiger partial charge in [-0.15, -0.1) is 11.3 Å². The Balaban J connectivity index is 1.53. The summed E-state index contributed by atoms with van der Waals surface area (Å²) in [6, 6.07) is 15.4. The number of carbonyl (C=O) groups excluding carboxylic acids is 2. The third-order valence-electron chi connectivity index (χ3n) is 5.01. The molecule has 1 unspecified atom stereocenters. The first kappa shape index (κ1) is 20.5. The molecule has 2 aromatic carbocycles. The molecule has 0 radical (unpaired) electrons. The average molecular weight is 482 g/mol. The highest BCUT2D eigenvalue weighted by molar-refractivity contribution is 9.10. The summed E-state index contributed by atoms with van der Waals surface area (Å²) in [5, 5.41) is 3.48. The van der Waals surface area contributed by atoms with E-state index in [0.717, 1.165) is 31.7 Å². The van der Waals surface area contributed by atoms with Crippen LogP contribution in [0.4, 0.5) is 5.13 Å². The van der Waals surface area contributed by atoms with E-state index in [4.69, 9.17) is 0 Å². The molecule has 2 heterocycles. The third-order valence-corrected chi connectivity index (χ3v) is 6.42. The lowest BCUT2D eigenvalue weighted by Gasteiger charge is -2.32. The van der Waals surface area contributed by atoms with E-state index in [0.29, 0.717) is 5.13 Å². The van der Waals surface area contributed by atoms with Crippen LogP contribution in [-0.4, -0.2) is 21.7 Å². The molecule has 4 rings (SSSR count). The van der Waals surface area contributed by atoms with Gasteiger partial charge in [-0.25, -0.2) is 4.98 Å². The van der Waals surface area contributed by atoms with Gasteiger partial charge in [-0.05, 0) is 36.3 Å². The summed E-state index contributed by atoms with van der Waals surface area (Å²) in [7, 11) is 0. The van der Waals surface area contributed by atoms with Crippen molar-refractivity contribution in [3.63, 3.8) is 0 Å². The second-order valence-corrected chi connectivity index (χ2v) is 9.19. The molecule has 0 saturated carbocycles. The summed E-state index contributed by atoms with van der Waals surface area (Å²) < 4.78 is 1.00. The van der Waals surface area contributed by atoms with E-state index >= 15 is 0 Å². The lowest BCUT2D eigenvalue weighted by atomic mass is 9.93. The minimum absolute atomic E-state index is 0.0961. The van der Waals surface area contributed by atoms with Gasteiger partial charge in [0.05, 0.1) is 18.2 Å². The van der Waals surface area contributed by atoms with Gasteiger partial charge in [0.2, 0.25) is 11.8 Å². The Kier molecular flexibility index (Phi) is 5.83. The van der Waals surface area contributed by atoms with Crippen molar-refractivity contribution in [1.82, 2.24) is 9.88 Å². The number of rotatable bonds is 4. The molecule has 0 bridgehead atoms. The van der Waals surface area contributed by atoms with Crippen LogP contribution in [0.25, 0.3) is 17.3 Å². The van der Waals surface area contributed by atoms with Crippen LogP contribution in [-0.2, 0) is 9.59 Å². The SMILES string of the molecule is CC(=O)N1C=Cc2ccccc2C1CC(=O)Nc1nc(-c2ccc(Br)cc2)c(C)s1. The molecule has 1 aliphatic rings. The number of benzene rings is 2. The van der Waals surface area contributed by atoms with Crippen LogP contribution < -0.4 is 5.32 Å². The maximum Gasteiger partial charge on any atom is 0.228 e. The number of nitrogens with zero attached hydrogens (tertiary/aromatic N) is 2. The van der Waals surface area contributed by atoms with Crippen molar-refractivity contribution in [3.8, 4) is 11.3 Å². The summed E-state index contributed by atoms with van der Waals surface area (Å²) in [6.45, 7) is 3.50. The second-order valence-electron chi connectivity index (χ2n) is 7.07. The van der Waals surface area contributed by atoms with Crippen LogP contribution in [0.5, 0.6) is 0 Å². The van der Waals surface area contributed by atoms with Crippen LogP contribution in [0.1, 0.15) is 35.4 Å². The van der Waals surface area contributed by atoms with Gasteiger partial charge in [0.1, 0.15) is 0 Å². The number of hydrogen-bond acceptors (Lipinski definition) is 4. The van der Waals surface area contributed by atoms with Crippen LogP contribution in [0.3, 0.4) is 0 Å². The number of aryl methyl sites for hydroxylation is 1. The maximum absolute atomic E-state index is 12.8. The van der Waals surface area contributed by atoms with E-state index in [1.54, 1.807) is 11.1 Å². The number of fused-ring (bicyclic) bond motifs is 1. The molecule has 2 amide bonds. The van der Waals surface area contributed by atoms with E-state index < -0.39 is 0 Å². The van der Waals surface area contributed by atoms with Crippen LogP contribution in [0.2, 0.25) is 0 Å². The lowest BCUT2D eigenvalue weighted by molar-refractivity contribution is -0.129. The molecule has 1 atom stereocenters. The van der Waals surface area contributed by atoms with E-state index in [1.165, 1.54) is 18.3 Å². The maximum atomic E-state index is 12.8. The van der Waals surface area contributed by atoms with Crippen LogP contribution >= 0.6 is 27.3 Å². The van der Waals surface area contributed by atoms with Crippen molar-refractivity contribution >= 4 is 50.3 Å². The zero-order valence-electron chi connectivity index (χ0n) is 16.6. The molecule has 0 fully saturated rings. The van der Waals surface area contributed by atoms with Gasteiger partial charge in [0.25, 0.3) is 0 Å². The van der Waals surface area contributed by atoms with Crippen molar-refractivity contribution in [2.24, 2.45) is 0 Å². The Bertz CT molecular complexity index is 1140. The van der Waals surface area contributed by atoms with Gasteiger partial charge >= 0.3 is 0 Å². The number of thiazole rings is 1. The fourth-order valence-electron chi connectivity index (χ4n) is 3.58. The van der Waals surface area contributed by atoms with E-state index in [-0.39, 0.29) is 24.3 Å². The Morgan fingerprint density at radius 2 is 1.90 bits per heavy atom. The number of carbonyl (C=O) groups is 2. The molecule has 0 saturated heterocycles. The largest absolute Gasteiger partial charge is 0.311 e. The van der Waals surface area contributed by atoms with Gasteiger partial charge in [0, 0.05) is 28.0 Å². The molecule has 1 aliphatic heterocycles. The number of hydrogen-bond donors (Lipinski definition) is 1. The van der Waals surface area contributed by atoms with Crippen LogP contribution in [0, 0.1) is 6.92 Å². The first-order chi connectivity index (χ1) is 14.4. The molecule has 1 aromatic heterocycles. The molecule has 3 aromatic rings. The molecule has 30 heavy (non-hydrogen) atoms. The standard InChI is InChI=1S/C23H20BrN3O2S/c1-14-22(17-7-9-18(24)10-8-17)26-23(30-14)25-21(29)13-20-19-6-4-3-5-16(19)11-12-27(20)15(2)28/h3-12,20H,13H2,1-2H3,(H,25,26,29). The third kappa shape index (κ3) is 4.22. The molecule has 0 aliphatic carbocycles. The summed E-state index contributed by atoms with van der Waals surface area (Å²) in [5.74, 6) is -0.270. The predicted octanol–water partition coefficient (Wildman–Crippen LogP) is 5.78. The van der Waals surface area contributed by atoms with Gasteiger partial charge in [-0.1, -0.05) is 52.3 Å². The summed E-state index contributed by atoms with van der Waals surface area (Å²) >= 11 is 4.89. The molecule has 0 spiro atoms. The number of amides is 2. The molecule has 1 N–H and O–H groups in total. The fraction of sp³-hybridized carbons (Fsp3) is 0.174. The predicted molar refractivity (Wildman–Crippen MR) is 124 cm³/mol. The quantitative estimate of drug-likeness (QED) is 0.513. The summed E-state index contributed by atoms with van der Waals surface area (Å²) in [6.07, 6.45) is 3.81. The highest BCUT2D eigenvalue weighted by atomic mass is 79.9. The summed E-state index contributed by atoms with van der Waals surface area (Å²) in [4.78, 5) is 32.2. The normalized spacial score (nSPS) is 15.0. The number of nitrogens with one attached hydrogen (secondary N) is 1. The zero-order valence-corrected chi connectivity index (χ0v) is 19.0. The number of aromatic nitrogens is 1. The zero-order chi connectivity index (χ0) is 21.3. The minimum atomic E-state index is -0.337. The topological polar surface area (TPSA) is 62.3 Å². The van der Waals surface area contributed by atoms with Crippen molar-refractivity contribution in [2.45, 2.75) is 26.3 Å². The van der Waals surface area contributed by atoms with Crippen molar-refractivity contribution in [2.75, 3.05) is 5.32 Å². The first-order valence-corrected chi connectivity index (χ1v) is 11.1. The van der Waals surface area contributed by atoms with Crippen molar-refractivity contribution in [3.05, 3.63) is 75.2 Å². The highest BCUT2D eigenvalue weighted by Gasteiger charge is 2.28.